The zero-order chi connectivity index (χ0) is 12.4. The molecule has 3 aromatic heterocycles. The van der Waals surface area contributed by atoms with Crippen LogP contribution in [0.4, 0.5) is 0 Å². The predicted molar refractivity (Wildman–Crippen MR) is 86.4 cm³/mol. The maximum Gasteiger partial charge on any atom is 0.231 e. The van der Waals surface area contributed by atoms with Gasteiger partial charge in [-0.25, -0.2) is 0 Å². The van der Waals surface area contributed by atoms with Gasteiger partial charge in [-0.1, -0.05) is 18.2 Å². The van der Waals surface area contributed by atoms with E-state index in [1.165, 1.54) is 15.6 Å². The highest BCUT2D eigenvalue weighted by Crippen LogP contribution is 2.12. The minimum atomic E-state index is -2.18. The summed E-state index contributed by atoms with van der Waals surface area (Å²) in [5.74, 6) is 0. The zero-order valence-electron chi connectivity index (χ0n) is 9.50. The predicted octanol–water partition coefficient (Wildman–Crippen LogP) is 2.51. The minimum absolute atomic E-state index is 1.33. The third-order valence-electron chi connectivity index (χ3n) is 3.08. The van der Waals surface area contributed by atoms with Gasteiger partial charge in [0.05, 0.1) is 0 Å². The molecule has 0 aliphatic carbocycles. The molecule has 4 heteroatoms. The van der Waals surface area contributed by atoms with Crippen molar-refractivity contribution in [2.75, 3.05) is 0 Å². The van der Waals surface area contributed by atoms with Gasteiger partial charge in [0.1, 0.15) is 0 Å². The van der Waals surface area contributed by atoms with Crippen molar-refractivity contribution in [2.24, 2.45) is 0 Å². The summed E-state index contributed by atoms with van der Waals surface area (Å²) in [6.07, 6.45) is 6.01. The molecule has 3 rings (SSSR count). The van der Waals surface area contributed by atoms with Crippen LogP contribution < -0.4 is 15.6 Å². The third kappa shape index (κ3) is 1.71. The largest absolute Gasteiger partial charge is 0.231 e. The zero-order valence-corrected chi connectivity index (χ0v) is 12.9. The molecule has 0 aliphatic rings. The average molecular weight is 303 g/mol. The fourth-order valence-electron chi connectivity index (χ4n) is 2.18. The van der Waals surface area contributed by atoms with Crippen LogP contribution in [0, 0.1) is 12.0 Å². The van der Waals surface area contributed by atoms with Crippen LogP contribution in [0.2, 0.25) is 0 Å². The molecule has 0 atom stereocenters. The van der Waals surface area contributed by atoms with E-state index in [0.29, 0.717) is 0 Å². The van der Waals surface area contributed by atoms with Crippen molar-refractivity contribution >= 4 is 57.6 Å². The normalized spacial score (nSPS) is 11.3. The Labute approximate surface area is 120 Å². The van der Waals surface area contributed by atoms with E-state index in [1.54, 1.807) is 34.0 Å². The molecule has 3 aromatic rings. The SMILES string of the molecule is C#C[Si](c1ccsc1)(c1ccsc1)c1ccsc1. The van der Waals surface area contributed by atoms with Crippen LogP contribution in [0.15, 0.2) is 50.5 Å². The first-order valence-corrected chi connectivity index (χ1v) is 10.3. The van der Waals surface area contributed by atoms with Gasteiger partial charge in [0.25, 0.3) is 0 Å². The van der Waals surface area contributed by atoms with Gasteiger partial charge in [0.15, 0.2) is 0 Å². The first kappa shape index (κ1) is 11.9. The quantitative estimate of drug-likeness (QED) is 0.515. The van der Waals surface area contributed by atoms with Crippen LogP contribution >= 0.6 is 34.0 Å². The molecule has 0 saturated heterocycles. The summed E-state index contributed by atoms with van der Waals surface area (Å²) in [4.78, 5) is 0. The minimum Gasteiger partial charge on any atom is -0.153 e. The van der Waals surface area contributed by atoms with Gasteiger partial charge in [0.2, 0.25) is 8.07 Å². The van der Waals surface area contributed by atoms with Gasteiger partial charge < -0.3 is 0 Å². The van der Waals surface area contributed by atoms with Gasteiger partial charge in [0, 0.05) is 0 Å². The molecule has 0 spiro atoms. The van der Waals surface area contributed by atoms with Crippen molar-refractivity contribution in [1.82, 2.24) is 0 Å². The van der Waals surface area contributed by atoms with Crippen molar-refractivity contribution in [2.45, 2.75) is 0 Å². The number of thiophene rings is 3. The summed E-state index contributed by atoms with van der Waals surface area (Å²) in [5.41, 5.74) is 3.18. The topological polar surface area (TPSA) is 0 Å². The monoisotopic (exact) mass is 302 g/mol. The average Bonchev–Trinajstić information content (AvgIpc) is 3.16. The molecule has 0 N–H and O–H groups in total. The molecule has 0 saturated carbocycles. The second-order valence-corrected chi connectivity index (χ2v) is 9.79. The fourth-order valence-corrected chi connectivity index (χ4v) is 9.37. The van der Waals surface area contributed by atoms with Crippen molar-refractivity contribution in [1.29, 1.82) is 0 Å². The second-order valence-electron chi connectivity index (χ2n) is 3.93. The van der Waals surface area contributed by atoms with Gasteiger partial charge >= 0.3 is 0 Å². The Hall–Kier alpha value is -1.12. The van der Waals surface area contributed by atoms with E-state index < -0.39 is 8.07 Å². The molecule has 0 amide bonds. The van der Waals surface area contributed by atoms with Crippen molar-refractivity contribution in [3.8, 4) is 12.0 Å². The molecule has 0 aliphatic heterocycles. The van der Waals surface area contributed by atoms with Crippen LogP contribution in [0.25, 0.3) is 0 Å². The number of hydrogen-bond donors (Lipinski definition) is 0. The Balaban J connectivity index is 2.30. The van der Waals surface area contributed by atoms with Crippen LogP contribution in [-0.4, -0.2) is 8.07 Å². The fraction of sp³-hybridized carbons (Fsp3) is 0. The summed E-state index contributed by atoms with van der Waals surface area (Å²) < 4.78 is 0. The summed E-state index contributed by atoms with van der Waals surface area (Å²) >= 11 is 5.17. The lowest BCUT2D eigenvalue weighted by Gasteiger charge is -2.23. The first-order valence-electron chi connectivity index (χ1n) is 5.43. The lowest BCUT2D eigenvalue weighted by atomic mass is 10.6. The van der Waals surface area contributed by atoms with Gasteiger partial charge in [-0.05, 0) is 47.8 Å². The molecule has 0 nitrogen and oxygen atoms in total. The molecule has 0 bridgehead atoms. The summed E-state index contributed by atoms with van der Waals surface area (Å²) in [7, 11) is -2.18. The van der Waals surface area contributed by atoms with Crippen molar-refractivity contribution < 1.29 is 0 Å². The molecule has 18 heavy (non-hydrogen) atoms. The van der Waals surface area contributed by atoms with Crippen LogP contribution in [0.1, 0.15) is 0 Å². The van der Waals surface area contributed by atoms with Crippen LogP contribution in [0.3, 0.4) is 0 Å². The van der Waals surface area contributed by atoms with Crippen molar-refractivity contribution in [3.05, 3.63) is 50.5 Å². The second kappa shape index (κ2) is 4.86. The van der Waals surface area contributed by atoms with E-state index in [-0.39, 0.29) is 0 Å². The van der Waals surface area contributed by atoms with E-state index in [4.69, 9.17) is 6.42 Å². The van der Waals surface area contributed by atoms with Gasteiger partial charge in [-0.2, -0.15) is 34.0 Å². The Kier molecular flexibility index (Phi) is 3.23. The van der Waals surface area contributed by atoms with E-state index in [0.717, 1.165) is 0 Å². The van der Waals surface area contributed by atoms with Crippen LogP contribution in [0.5, 0.6) is 0 Å². The van der Waals surface area contributed by atoms with E-state index in [1.807, 2.05) is 0 Å². The molecule has 0 fully saturated rings. The maximum absolute atomic E-state index is 6.01. The Morgan fingerprint density at radius 2 is 1.17 bits per heavy atom. The molecule has 0 radical (unpaired) electrons. The Morgan fingerprint density at radius 1 is 0.778 bits per heavy atom. The number of hydrogen-bond acceptors (Lipinski definition) is 3. The van der Waals surface area contributed by atoms with Gasteiger partial charge in [-0.15, -0.1) is 12.0 Å². The molecular formula is C14H10S3Si. The third-order valence-corrected chi connectivity index (χ3v) is 9.72. The van der Waals surface area contributed by atoms with Crippen LogP contribution in [-0.2, 0) is 0 Å². The molecule has 0 unspecified atom stereocenters. The molecule has 3 heterocycles. The standard InChI is InChI=1S/C14H10S3Si/c1-2-18(12-3-6-15-9-12,13-4-7-16-10-13)14-5-8-17-11-14/h1,3-11H. The number of terminal acetylenes is 1. The van der Waals surface area contributed by atoms with Crippen molar-refractivity contribution in [3.63, 3.8) is 0 Å². The lowest BCUT2D eigenvalue weighted by molar-refractivity contribution is 1.94. The van der Waals surface area contributed by atoms with E-state index in [9.17, 15) is 0 Å². The summed E-state index contributed by atoms with van der Waals surface area (Å²) in [6, 6.07) is 6.56. The maximum atomic E-state index is 6.01. The summed E-state index contributed by atoms with van der Waals surface area (Å²) in [6.45, 7) is 0. The van der Waals surface area contributed by atoms with E-state index >= 15 is 0 Å². The molecule has 88 valence electrons. The smallest absolute Gasteiger partial charge is 0.153 e. The van der Waals surface area contributed by atoms with Gasteiger partial charge in [-0.3, -0.25) is 0 Å². The number of rotatable bonds is 3. The highest BCUT2D eigenvalue weighted by molar-refractivity contribution is 7.23. The molecular weight excluding hydrogens is 292 g/mol. The highest BCUT2D eigenvalue weighted by atomic mass is 32.1. The first-order chi connectivity index (χ1) is 8.88. The van der Waals surface area contributed by atoms with E-state index in [2.05, 4.69) is 56.0 Å². The summed E-state index contributed by atoms with van der Waals surface area (Å²) in [5, 5.41) is 17.0. The lowest BCUT2D eigenvalue weighted by Crippen LogP contribution is -2.65. The highest BCUT2D eigenvalue weighted by Gasteiger charge is 2.39. The Bertz CT molecular complexity index is 558. The Morgan fingerprint density at radius 3 is 1.39 bits per heavy atom. The molecule has 0 aromatic carbocycles.